The van der Waals surface area contributed by atoms with Gasteiger partial charge >= 0.3 is 5.97 Å². The van der Waals surface area contributed by atoms with E-state index in [1.54, 1.807) is 0 Å². The smallest absolute Gasteiger partial charge is 0.312 e. The predicted molar refractivity (Wildman–Crippen MR) is 77.8 cm³/mol. The maximum absolute atomic E-state index is 12.5. The van der Waals surface area contributed by atoms with Gasteiger partial charge in [0.2, 0.25) is 0 Å². The molecule has 2 nitrogen and oxygen atoms in total. The highest BCUT2D eigenvalue weighted by atomic mass is 16.6. The molecule has 0 radical (unpaired) electrons. The second-order valence-electron chi connectivity index (χ2n) is 7.51. The van der Waals surface area contributed by atoms with Crippen molar-refractivity contribution >= 4 is 5.97 Å². The number of rotatable bonds is 4. The number of carbonyl (C=O) groups excluding carboxylic acids is 1. The van der Waals surface area contributed by atoms with Gasteiger partial charge in [0, 0.05) is 0 Å². The maximum atomic E-state index is 12.5. The van der Waals surface area contributed by atoms with Gasteiger partial charge in [-0.2, -0.15) is 0 Å². The largest absolute Gasteiger partial charge is 0.458 e. The van der Waals surface area contributed by atoms with Gasteiger partial charge in [0.05, 0.1) is 5.41 Å². The molecule has 0 spiro atoms. The molecule has 0 bridgehead atoms. The molecule has 2 rings (SSSR count). The van der Waals surface area contributed by atoms with Gasteiger partial charge in [-0.05, 0) is 63.7 Å². The van der Waals surface area contributed by atoms with Gasteiger partial charge in [0.25, 0.3) is 0 Å². The number of carbonyl (C=O) groups is 1. The molecular formula is C17H30O2. The standard InChI is InChI=1S/C17H30O2/c1-6-16(4,5)15(18)19-17(14-9-10-14)11-7-8-12(2)13(17)3/h12-14H,6-11H2,1-5H3. The topological polar surface area (TPSA) is 26.3 Å². The van der Waals surface area contributed by atoms with Crippen molar-refractivity contribution in [3.05, 3.63) is 0 Å². The fourth-order valence-electron chi connectivity index (χ4n) is 3.49. The summed E-state index contributed by atoms with van der Waals surface area (Å²) in [5, 5.41) is 0. The Balaban J connectivity index is 2.18. The average molecular weight is 266 g/mol. The van der Waals surface area contributed by atoms with Crippen LogP contribution in [0.25, 0.3) is 0 Å². The minimum absolute atomic E-state index is 0.0165. The van der Waals surface area contributed by atoms with Gasteiger partial charge in [-0.25, -0.2) is 0 Å². The summed E-state index contributed by atoms with van der Waals surface area (Å²) in [4.78, 5) is 12.5. The molecule has 0 aromatic carbocycles. The van der Waals surface area contributed by atoms with Gasteiger partial charge in [-0.15, -0.1) is 0 Å². The number of ether oxygens (including phenoxy) is 1. The number of hydrogen-bond acceptors (Lipinski definition) is 2. The lowest BCUT2D eigenvalue weighted by Crippen LogP contribution is -2.50. The van der Waals surface area contributed by atoms with Crippen LogP contribution >= 0.6 is 0 Å². The molecule has 0 aliphatic heterocycles. The van der Waals surface area contributed by atoms with Crippen molar-refractivity contribution in [1.82, 2.24) is 0 Å². The van der Waals surface area contributed by atoms with E-state index in [9.17, 15) is 4.79 Å². The van der Waals surface area contributed by atoms with E-state index < -0.39 is 0 Å². The van der Waals surface area contributed by atoms with Gasteiger partial charge in [0.15, 0.2) is 0 Å². The van der Waals surface area contributed by atoms with E-state index in [2.05, 4.69) is 20.8 Å². The molecule has 2 aliphatic carbocycles. The van der Waals surface area contributed by atoms with Crippen LogP contribution in [0.2, 0.25) is 0 Å². The summed E-state index contributed by atoms with van der Waals surface area (Å²) in [5.74, 6) is 1.82. The summed E-state index contributed by atoms with van der Waals surface area (Å²) < 4.78 is 6.20. The Morgan fingerprint density at radius 2 is 1.89 bits per heavy atom. The van der Waals surface area contributed by atoms with E-state index in [4.69, 9.17) is 4.74 Å². The van der Waals surface area contributed by atoms with Crippen LogP contribution < -0.4 is 0 Å². The van der Waals surface area contributed by atoms with Crippen LogP contribution in [0.15, 0.2) is 0 Å². The molecule has 0 N–H and O–H groups in total. The monoisotopic (exact) mass is 266 g/mol. The predicted octanol–water partition coefficient (Wildman–Crippen LogP) is 4.57. The molecule has 0 heterocycles. The second kappa shape index (κ2) is 5.10. The van der Waals surface area contributed by atoms with Crippen molar-refractivity contribution in [2.45, 2.75) is 78.7 Å². The molecule has 3 unspecified atom stereocenters. The van der Waals surface area contributed by atoms with Crippen molar-refractivity contribution in [1.29, 1.82) is 0 Å². The van der Waals surface area contributed by atoms with E-state index >= 15 is 0 Å². The molecule has 2 saturated carbocycles. The molecule has 0 amide bonds. The minimum Gasteiger partial charge on any atom is -0.458 e. The second-order valence-corrected chi connectivity index (χ2v) is 7.51. The van der Waals surface area contributed by atoms with Crippen LogP contribution in [0.3, 0.4) is 0 Å². The van der Waals surface area contributed by atoms with E-state index in [0.717, 1.165) is 12.8 Å². The van der Waals surface area contributed by atoms with Gasteiger partial charge in [-0.3, -0.25) is 4.79 Å². The normalized spacial score (nSPS) is 36.1. The third-order valence-corrected chi connectivity index (χ3v) is 5.84. The van der Waals surface area contributed by atoms with E-state index in [0.29, 0.717) is 17.8 Å². The highest BCUT2D eigenvalue weighted by Crippen LogP contribution is 2.54. The molecule has 0 saturated heterocycles. The lowest BCUT2D eigenvalue weighted by Gasteiger charge is -2.46. The van der Waals surface area contributed by atoms with Crippen molar-refractivity contribution in [3.8, 4) is 0 Å². The van der Waals surface area contributed by atoms with Crippen LogP contribution in [0.4, 0.5) is 0 Å². The summed E-state index contributed by atoms with van der Waals surface area (Å²) in [6, 6.07) is 0. The van der Waals surface area contributed by atoms with Crippen LogP contribution in [0, 0.1) is 23.2 Å². The lowest BCUT2D eigenvalue weighted by atomic mass is 9.68. The summed E-state index contributed by atoms with van der Waals surface area (Å²) in [6.45, 7) is 10.7. The summed E-state index contributed by atoms with van der Waals surface area (Å²) >= 11 is 0. The molecule has 19 heavy (non-hydrogen) atoms. The molecule has 3 atom stereocenters. The Bertz CT molecular complexity index is 343. The Morgan fingerprint density at radius 3 is 2.42 bits per heavy atom. The van der Waals surface area contributed by atoms with Crippen LogP contribution in [-0.2, 0) is 9.53 Å². The first-order valence-electron chi connectivity index (χ1n) is 8.07. The van der Waals surface area contributed by atoms with Gasteiger partial charge < -0.3 is 4.74 Å². The van der Waals surface area contributed by atoms with Crippen LogP contribution in [0.1, 0.15) is 73.1 Å². The Labute approximate surface area is 118 Å². The fraction of sp³-hybridized carbons (Fsp3) is 0.941. The molecule has 2 heteroatoms. The van der Waals surface area contributed by atoms with Crippen molar-refractivity contribution < 1.29 is 9.53 Å². The number of esters is 1. The molecule has 0 aromatic heterocycles. The first kappa shape index (κ1) is 14.9. The summed E-state index contributed by atoms with van der Waals surface area (Å²) in [7, 11) is 0. The molecule has 0 aromatic rings. The first-order chi connectivity index (χ1) is 8.83. The van der Waals surface area contributed by atoms with E-state index in [1.165, 1.54) is 25.7 Å². The SMILES string of the molecule is CCC(C)(C)C(=O)OC1(C2CC2)CCCC(C)C1C. The maximum Gasteiger partial charge on any atom is 0.312 e. The quantitative estimate of drug-likeness (QED) is 0.697. The lowest BCUT2D eigenvalue weighted by molar-refractivity contribution is -0.188. The third kappa shape index (κ3) is 2.68. The van der Waals surface area contributed by atoms with E-state index in [-0.39, 0.29) is 17.0 Å². The molecule has 2 aliphatic rings. The Hall–Kier alpha value is -0.530. The zero-order valence-electron chi connectivity index (χ0n) is 13.3. The molecular weight excluding hydrogens is 236 g/mol. The fourth-order valence-corrected chi connectivity index (χ4v) is 3.49. The Morgan fingerprint density at radius 1 is 1.26 bits per heavy atom. The van der Waals surface area contributed by atoms with Crippen molar-refractivity contribution in [2.75, 3.05) is 0 Å². The van der Waals surface area contributed by atoms with Crippen molar-refractivity contribution in [3.63, 3.8) is 0 Å². The highest BCUT2D eigenvalue weighted by molar-refractivity contribution is 5.76. The third-order valence-electron chi connectivity index (χ3n) is 5.84. The minimum atomic E-state index is -0.345. The van der Waals surface area contributed by atoms with Gasteiger partial charge in [-0.1, -0.05) is 27.2 Å². The zero-order chi connectivity index (χ0) is 14.3. The average Bonchev–Trinajstić information content (AvgIpc) is 3.19. The summed E-state index contributed by atoms with van der Waals surface area (Å²) in [5.41, 5.74) is -0.497. The first-order valence-corrected chi connectivity index (χ1v) is 8.07. The molecule has 110 valence electrons. The highest BCUT2D eigenvalue weighted by Gasteiger charge is 2.55. The van der Waals surface area contributed by atoms with Crippen LogP contribution in [0.5, 0.6) is 0 Å². The zero-order valence-corrected chi connectivity index (χ0v) is 13.3. The Kier molecular flexibility index (Phi) is 3.99. The molecule has 2 fully saturated rings. The summed E-state index contributed by atoms with van der Waals surface area (Å²) in [6.07, 6.45) is 6.91. The van der Waals surface area contributed by atoms with E-state index in [1.807, 2.05) is 13.8 Å². The number of hydrogen-bond donors (Lipinski definition) is 0. The van der Waals surface area contributed by atoms with Crippen molar-refractivity contribution in [2.24, 2.45) is 23.2 Å². The van der Waals surface area contributed by atoms with Gasteiger partial charge in [0.1, 0.15) is 5.60 Å². The van der Waals surface area contributed by atoms with Crippen LogP contribution in [-0.4, -0.2) is 11.6 Å².